The molecule has 0 aliphatic heterocycles. The van der Waals surface area contributed by atoms with Gasteiger partial charge in [0.25, 0.3) is 0 Å². The van der Waals surface area contributed by atoms with Crippen molar-refractivity contribution in [1.29, 1.82) is 0 Å². The van der Waals surface area contributed by atoms with Crippen molar-refractivity contribution in [1.82, 2.24) is 0 Å². The van der Waals surface area contributed by atoms with E-state index in [1.54, 1.807) is 12.1 Å². The average molecular weight is 337 g/mol. The molecule has 22 heavy (non-hydrogen) atoms. The Bertz CT molecular complexity index is 745. The van der Waals surface area contributed by atoms with E-state index < -0.39 is 9.84 Å². The molecule has 0 amide bonds. The van der Waals surface area contributed by atoms with E-state index >= 15 is 0 Å². The van der Waals surface area contributed by atoms with E-state index in [1.165, 1.54) is 11.8 Å². The third kappa shape index (κ3) is 3.71. The van der Waals surface area contributed by atoms with Crippen LogP contribution in [0.5, 0.6) is 0 Å². The summed E-state index contributed by atoms with van der Waals surface area (Å²) in [6.45, 7) is 4.36. The molecule has 0 heterocycles. The standard InChI is InChI=1S/C18H21ClO2S/c1-4-13(5-2)17-11-8-15(19)12-18(17)14-6-9-16(10-7-14)22(3,20)21/h6-13H,4-5H2,1-3H3. The summed E-state index contributed by atoms with van der Waals surface area (Å²) < 4.78 is 23.2. The van der Waals surface area contributed by atoms with Crippen LogP contribution in [-0.2, 0) is 9.84 Å². The molecule has 0 radical (unpaired) electrons. The maximum atomic E-state index is 11.6. The Morgan fingerprint density at radius 2 is 1.59 bits per heavy atom. The third-order valence-electron chi connectivity index (χ3n) is 4.03. The van der Waals surface area contributed by atoms with E-state index in [0.29, 0.717) is 15.8 Å². The maximum Gasteiger partial charge on any atom is 0.175 e. The van der Waals surface area contributed by atoms with Crippen LogP contribution >= 0.6 is 11.6 Å². The van der Waals surface area contributed by atoms with Crippen molar-refractivity contribution in [3.05, 3.63) is 53.1 Å². The van der Waals surface area contributed by atoms with E-state index in [4.69, 9.17) is 11.6 Å². The first-order valence-electron chi connectivity index (χ1n) is 7.46. The van der Waals surface area contributed by atoms with Crippen molar-refractivity contribution in [3.8, 4) is 11.1 Å². The number of benzene rings is 2. The minimum atomic E-state index is -3.17. The number of halogens is 1. The van der Waals surface area contributed by atoms with Crippen LogP contribution in [0.25, 0.3) is 11.1 Å². The molecule has 2 nitrogen and oxygen atoms in total. The summed E-state index contributed by atoms with van der Waals surface area (Å²) in [6, 6.07) is 13.0. The van der Waals surface area contributed by atoms with Crippen LogP contribution in [-0.4, -0.2) is 14.7 Å². The predicted octanol–water partition coefficient (Wildman–Crippen LogP) is 5.31. The number of hydrogen-bond donors (Lipinski definition) is 0. The van der Waals surface area contributed by atoms with Gasteiger partial charge in [0.15, 0.2) is 9.84 Å². The molecule has 2 rings (SSSR count). The molecule has 0 saturated heterocycles. The first-order valence-corrected chi connectivity index (χ1v) is 9.73. The van der Waals surface area contributed by atoms with Crippen LogP contribution in [0.3, 0.4) is 0 Å². The second-order valence-electron chi connectivity index (χ2n) is 5.54. The highest BCUT2D eigenvalue weighted by molar-refractivity contribution is 7.90. The fraction of sp³-hybridized carbons (Fsp3) is 0.333. The van der Waals surface area contributed by atoms with Crippen LogP contribution < -0.4 is 0 Å². The highest BCUT2D eigenvalue weighted by atomic mass is 35.5. The Balaban J connectivity index is 2.54. The number of sulfone groups is 1. The lowest BCUT2D eigenvalue weighted by Gasteiger charge is -2.18. The largest absolute Gasteiger partial charge is 0.224 e. The summed E-state index contributed by atoms with van der Waals surface area (Å²) in [5, 5.41) is 0.692. The van der Waals surface area contributed by atoms with Gasteiger partial charge in [0, 0.05) is 11.3 Å². The fourth-order valence-electron chi connectivity index (χ4n) is 2.74. The predicted molar refractivity (Wildman–Crippen MR) is 93.3 cm³/mol. The van der Waals surface area contributed by atoms with Gasteiger partial charge in [0.05, 0.1) is 4.90 Å². The topological polar surface area (TPSA) is 34.1 Å². The zero-order valence-corrected chi connectivity index (χ0v) is 14.7. The van der Waals surface area contributed by atoms with Crippen molar-refractivity contribution in [2.24, 2.45) is 0 Å². The van der Waals surface area contributed by atoms with E-state index in [9.17, 15) is 8.42 Å². The van der Waals surface area contributed by atoms with Gasteiger partial charge in [0.1, 0.15) is 0 Å². The van der Waals surface area contributed by atoms with Gasteiger partial charge in [-0.2, -0.15) is 0 Å². The summed E-state index contributed by atoms with van der Waals surface area (Å²) in [6.07, 6.45) is 3.34. The summed E-state index contributed by atoms with van der Waals surface area (Å²) in [4.78, 5) is 0.336. The SMILES string of the molecule is CCC(CC)c1ccc(Cl)cc1-c1ccc(S(C)(=O)=O)cc1. The molecule has 0 N–H and O–H groups in total. The molecule has 0 aromatic heterocycles. The van der Waals surface area contributed by atoms with Gasteiger partial charge in [-0.25, -0.2) is 8.42 Å². The van der Waals surface area contributed by atoms with E-state index in [-0.39, 0.29) is 0 Å². The average Bonchev–Trinajstić information content (AvgIpc) is 2.49. The Hall–Kier alpha value is -1.32. The lowest BCUT2D eigenvalue weighted by atomic mass is 9.87. The molecule has 0 bridgehead atoms. The number of hydrogen-bond acceptors (Lipinski definition) is 2. The highest BCUT2D eigenvalue weighted by Gasteiger charge is 2.14. The third-order valence-corrected chi connectivity index (χ3v) is 5.40. The Kier molecular flexibility index (Phi) is 5.30. The quantitative estimate of drug-likeness (QED) is 0.741. The van der Waals surface area contributed by atoms with E-state index in [2.05, 4.69) is 19.9 Å². The molecule has 0 fully saturated rings. The van der Waals surface area contributed by atoms with Crippen LogP contribution in [0.4, 0.5) is 0 Å². The molecule has 0 saturated carbocycles. The summed E-state index contributed by atoms with van der Waals surface area (Å²) in [5.41, 5.74) is 3.35. The van der Waals surface area contributed by atoms with Crippen molar-refractivity contribution in [2.75, 3.05) is 6.26 Å². The second kappa shape index (κ2) is 6.84. The van der Waals surface area contributed by atoms with Gasteiger partial charge in [0.2, 0.25) is 0 Å². The van der Waals surface area contributed by atoms with Crippen LogP contribution in [0, 0.1) is 0 Å². The Morgan fingerprint density at radius 1 is 1.00 bits per heavy atom. The van der Waals surface area contributed by atoms with Crippen molar-refractivity contribution >= 4 is 21.4 Å². The molecule has 4 heteroatoms. The van der Waals surface area contributed by atoms with Crippen LogP contribution in [0.1, 0.15) is 38.2 Å². The Morgan fingerprint density at radius 3 is 2.09 bits per heavy atom. The van der Waals surface area contributed by atoms with E-state index in [0.717, 1.165) is 24.0 Å². The lowest BCUT2D eigenvalue weighted by Crippen LogP contribution is -1.99. The molecule has 0 aliphatic carbocycles. The normalized spacial score (nSPS) is 11.9. The van der Waals surface area contributed by atoms with Crippen molar-refractivity contribution in [2.45, 2.75) is 37.5 Å². The van der Waals surface area contributed by atoms with Gasteiger partial charge in [-0.1, -0.05) is 43.6 Å². The minimum Gasteiger partial charge on any atom is -0.224 e. The van der Waals surface area contributed by atoms with Crippen LogP contribution in [0.15, 0.2) is 47.4 Å². The second-order valence-corrected chi connectivity index (χ2v) is 7.99. The van der Waals surface area contributed by atoms with E-state index in [1.807, 2.05) is 24.3 Å². The van der Waals surface area contributed by atoms with Gasteiger partial charge >= 0.3 is 0 Å². The van der Waals surface area contributed by atoms with Gasteiger partial charge < -0.3 is 0 Å². The van der Waals surface area contributed by atoms with Gasteiger partial charge in [-0.15, -0.1) is 0 Å². The zero-order chi connectivity index (χ0) is 16.3. The molecule has 2 aromatic carbocycles. The zero-order valence-electron chi connectivity index (χ0n) is 13.1. The lowest BCUT2D eigenvalue weighted by molar-refractivity contribution is 0.602. The molecule has 0 aliphatic rings. The van der Waals surface area contributed by atoms with Crippen molar-refractivity contribution in [3.63, 3.8) is 0 Å². The maximum absolute atomic E-state index is 11.6. The Labute approximate surface area is 138 Å². The van der Waals surface area contributed by atoms with Gasteiger partial charge in [-0.05, 0) is 59.7 Å². The molecule has 0 atom stereocenters. The highest BCUT2D eigenvalue weighted by Crippen LogP contribution is 2.35. The molecule has 0 spiro atoms. The molecular formula is C18H21ClO2S. The summed E-state index contributed by atoms with van der Waals surface area (Å²) >= 11 is 6.17. The smallest absolute Gasteiger partial charge is 0.175 e. The monoisotopic (exact) mass is 336 g/mol. The minimum absolute atomic E-state index is 0.336. The molecule has 118 valence electrons. The summed E-state index contributed by atoms with van der Waals surface area (Å²) in [5.74, 6) is 0.474. The molecular weight excluding hydrogens is 316 g/mol. The van der Waals surface area contributed by atoms with Crippen LogP contribution in [0.2, 0.25) is 5.02 Å². The first-order chi connectivity index (χ1) is 10.4. The fourth-order valence-corrected chi connectivity index (χ4v) is 3.55. The molecule has 2 aromatic rings. The summed E-state index contributed by atoms with van der Waals surface area (Å²) in [7, 11) is -3.17. The molecule has 0 unspecified atom stereocenters. The van der Waals surface area contributed by atoms with Crippen molar-refractivity contribution < 1.29 is 8.42 Å². The van der Waals surface area contributed by atoms with Gasteiger partial charge in [-0.3, -0.25) is 0 Å². The number of rotatable bonds is 5. The first kappa shape index (κ1) is 17.0.